The third-order valence-electron chi connectivity index (χ3n) is 5.93. The van der Waals surface area contributed by atoms with Gasteiger partial charge in [0.2, 0.25) is 0 Å². The van der Waals surface area contributed by atoms with Crippen LogP contribution in [0, 0.1) is 20.8 Å². The van der Waals surface area contributed by atoms with Gasteiger partial charge in [0.05, 0.1) is 0 Å². The lowest BCUT2D eigenvalue weighted by atomic mass is 9.86. The van der Waals surface area contributed by atoms with Crippen molar-refractivity contribution >= 4 is 0 Å². The summed E-state index contributed by atoms with van der Waals surface area (Å²) < 4.78 is 0. The molecule has 0 N–H and O–H groups in total. The van der Waals surface area contributed by atoms with Gasteiger partial charge in [-0.15, -0.1) is 0 Å². The molecule has 0 aromatic heterocycles. The molecule has 3 aromatic rings. The van der Waals surface area contributed by atoms with E-state index in [1.165, 1.54) is 44.5 Å². The van der Waals surface area contributed by atoms with Gasteiger partial charge >= 0.3 is 0 Å². The molecule has 0 aliphatic carbocycles. The van der Waals surface area contributed by atoms with Crippen molar-refractivity contribution in [1.29, 1.82) is 0 Å². The molecule has 0 aliphatic heterocycles. The Kier molecular flexibility index (Phi) is 8.42. The molecule has 0 fully saturated rings. The smallest absolute Gasteiger partial charge is 0.00637 e. The fourth-order valence-electron chi connectivity index (χ4n) is 3.64. The van der Waals surface area contributed by atoms with E-state index in [2.05, 4.69) is 108 Å². The molecule has 30 heavy (non-hydrogen) atoms. The van der Waals surface area contributed by atoms with Crippen LogP contribution in [0.15, 0.2) is 85.5 Å². The van der Waals surface area contributed by atoms with Gasteiger partial charge in [0, 0.05) is 5.92 Å². The minimum absolute atomic E-state index is 0.414. The second-order valence-electron chi connectivity index (χ2n) is 8.18. The van der Waals surface area contributed by atoms with Gasteiger partial charge < -0.3 is 0 Å². The van der Waals surface area contributed by atoms with Crippen LogP contribution in [0.25, 0.3) is 11.1 Å². The maximum atomic E-state index is 3.56. The van der Waals surface area contributed by atoms with Crippen LogP contribution >= 0.6 is 0 Å². The third-order valence-corrected chi connectivity index (χ3v) is 5.93. The van der Waals surface area contributed by atoms with Crippen LogP contribution in [0.2, 0.25) is 0 Å². The van der Waals surface area contributed by atoms with Crippen LogP contribution in [0.4, 0.5) is 0 Å². The largest absolute Gasteiger partial charge is 0.0988 e. The number of rotatable bonds is 5. The zero-order valence-corrected chi connectivity index (χ0v) is 19.5. The van der Waals surface area contributed by atoms with Crippen molar-refractivity contribution in [2.75, 3.05) is 0 Å². The molecule has 0 aliphatic rings. The van der Waals surface area contributed by atoms with Gasteiger partial charge in [-0.2, -0.15) is 0 Å². The van der Waals surface area contributed by atoms with Crippen molar-refractivity contribution in [3.63, 3.8) is 0 Å². The molecule has 0 heterocycles. The van der Waals surface area contributed by atoms with Gasteiger partial charge in [0.15, 0.2) is 0 Å². The zero-order valence-electron chi connectivity index (χ0n) is 19.5. The Morgan fingerprint density at radius 3 is 1.80 bits per heavy atom. The Morgan fingerprint density at radius 2 is 1.33 bits per heavy atom. The Hall–Kier alpha value is -2.86. The highest BCUT2D eigenvalue weighted by atomic mass is 14.2. The number of hydrogen-bond acceptors (Lipinski definition) is 0. The molecular weight excluding hydrogens is 360 g/mol. The molecule has 0 unspecified atom stereocenters. The van der Waals surface area contributed by atoms with Crippen LogP contribution in [-0.2, 0) is 6.42 Å². The van der Waals surface area contributed by atoms with Crippen molar-refractivity contribution < 1.29 is 0 Å². The Bertz CT molecular complexity index is 985. The summed E-state index contributed by atoms with van der Waals surface area (Å²) in [6.45, 7) is 20.1. The molecule has 0 saturated heterocycles. The topological polar surface area (TPSA) is 0 Å². The van der Waals surface area contributed by atoms with Gasteiger partial charge in [-0.25, -0.2) is 0 Å². The molecular formula is C30H36. The fourth-order valence-corrected chi connectivity index (χ4v) is 3.64. The van der Waals surface area contributed by atoms with Crippen molar-refractivity contribution in [3.05, 3.63) is 119 Å². The zero-order chi connectivity index (χ0) is 22.3. The summed E-state index contributed by atoms with van der Waals surface area (Å²) in [5.41, 5.74) is 12.1. The van der Waals surface area contributed by atoms with Crippen molar-refractivity contribution in [3.8, 4) is 11.1 Å². The van der Waals surface area contributed by atoms with E-state index in [0.29, 0.717) is 5.92 Å². The minimum atomic E-state index is 0.414. The Labute approximate surface area is 184 Å². The first-order valence-corrected chi connectivity index (χ1v) is 10.8. The summed E-state index contributed by atoms with van der Waals surface area (Å²) in [7, 11) is 0. The quantitative estimate of drug-likeness (QED) is 0.378. The summed E-state index contributed by atoms with van der Waals surface area (Å²) in [5, 5.41) is 0. The highest BCUT2D eigenvalue weighted by Gasteiger charge is 2.13. The van der Waals surface area contributed by atoms with Crippen LogP contribution in [-0.4, -0.2) is 0 Å². The first kappa shape index (κ1) is 23.4. The number of aryl methyl sites for hydroxylation is 2. The Morgan fingerprint density at radius 1 is 0.833 bits per heavy atom. The second kappa shape index (κ2) is 10.8. The summed E-state index contributed by atoms with van der Waals surface area (Å²) in [6, 6.07) is 22.4. The lowest BCUT2D eigenvalue weighted by Crippen LogP contribution is -2.02. The summed E-state index contributed by atoms with van der Waals surface area (Å²) in [6.07, 6.45) is 2.83. The normalized spacial score (nSPS) is 11.3. The van der Waals surface area contributed by atoms with E-state index in [9.17, 15) is 0 Å². The van der Waals surface area contributed by atoms with Crippen LogP contribution in [0.1, 0.15) is 60.1 Å². The highest BCUT2D eigenvalue weighted by molar-refractivity contribution is 5.64. The lowest BCUT2D eigenvalue weighted by Gasteiger charge is -2.19. The van der Waals surface area contributed by atoms with E-state index >= 15 is 0 Å². The van der Waals surface area contributed by atoms with Crippen LogP contribution in [0.5, 0.6) is 0 Å². The first-order chi connectivity index (χ1) is 14.3. The number of allylic oxidation sites excluding steroid dienone is 2. The number of benzene rings is 3. The third kappa shape index (κ3) is 5.83. The first-order valence-electron chi connectivity index (χ1n) is 10.8. The van der Waals surface area contributed by atoms with E-state index in [1.807, 2.05) is 6.92 Å². The molecule has 0 amide bonds. The summed E-state index contributed by atoms with van der Waals surface area (Å²) >= 11 is 0. The summed E-state index contributed by atoms with van der Waals surface area (Å²) in [4.78, 5) is 0. The van der Waals surface area contributed by atoms with Gasteiger partial charge in [0.1, 0.15) is 0 Å². The van der Waals surface area contributed by atoms with Gasteiger partial charge in [-0.1, -0.05) is 105 Å². The van der Waals surface area contributed by atoms with E-state index in [-0.39, 0.29) is 0 Å². The van der Waals surface area contributed by atoms with E-state index in [0.717, 1.165) is 12.0 Å². The lowest BCUT2D eigenvalue weighted by molar-refractivity contribution is 0.901. The van der Waals surface area contributed by atoms with Crippen molar-refractivity contribution in [2.45, 2.75) is 53.9 Å². The summed E-state index contributed by atoms with van der Waals surface area (Å²) in [5.74, 6) is 0.414. The average Bonchev–Trinajstić information content (AvgIpc) is 2.76. The Balaban J connectivity index is 0.000000575. The maximum absolute atomic E-state index is 3.56. The molecule has 0 radical (unpaired) electrons. The van der Waals surface area contributed by atoms with E-state index in [1.54, 1.807) is 6.08 Å². The molecule has 0 bridgehead atoms. The average molecular weight is 397 g/mol. The molecule has 0 saturated carbocycles. The predicted octanol–water partition coefficient (Wildman–Crippen LogP) is 8.74. The molecule has 156 valence electrons. The standard InChI is InChI=1S/C25H28.C5H8/c1-6-21-15-16-25(19(4)18(21)3)20(5)22-11-13-24(14-12-22)23-9-7-17(2)8-10-23;1-4-5(2)3/h7-16,20H,6H2,1-5H3;4H,1-2H2,3H3/t20-;/m0./s1. The van der Waals surface area contributed by atoms with Crippen LogP contribution in [0.3, 0.4) is 0 Å². The van der Waals surface area contributed by atoms with Crippen molar-refractivity contribution in [2.24, 2.45) is 0 Å². The molecule has 0 nitrogen and oxygen atoms in total. The van der Waals surface area contributed by atoms with E-state index < -0.39 is 0 Å². The van der Waals surface area contributed by atoms with E-state index in [4.69, 9.17) is 0 Å². The molecule has 3 rings (SSSR count). The monoisotopic (exact) mass is 396 g/mol. The number of hydrogen-bond donors (Lipinski definition) is 0. The molecule has 3 aromatic carbocycles. The highest BCUT2D eigenvalue weighted by Crippen LogP contribution is 2.31. The SMILES string of the molecule is C=CC(=C)C.CCc1ccc([C@@H](C)c2ccc(-c3ccc(C)cc3)cc2)c(C)c1C. The predicted molar refractivity (Wildman–Crippen MR) is 134 cm³/mol. The maximum Gasteiger partial charge on any atom is 0.00637 e. The molecule has 0 heteroatoms. The van der Waals surface area contributed by atoms with Crippen LogP contribution < -0.4 is 0 Å². The van der Waals surface area contributed by atoms with Gasteiger partial charge in [-0.3, -0.25) is 0 Å². The minimum Gasteiger partial charge on any atom is -0.0988 e. The second-order valence-corrected chi connectivity index (χ2v) is 8.18. The molecule has 1 atom stereocenters. The molecule has 0 spiro atoms. The van der Waals surface area contributed by atoms with Gasteiger partial charge in [-0.05, 0) is 73.1 Å². The van der Waals surface area contributed by atoms with Gasteiger partial charge in [0.25, 0.3) is 0 Å². The fraction of sp³-hybridized carbons (Fsp3) is 0.267. The van der Waals surface area contributed by atoms with Crippen molar-refractivity contribution in [1.82, 2.24) is 0 Å².